The van der Waals surface area contributed by atoms with Gasteiger partial charge in [-0.3, -0.25) is 9.89 Å². The molecule has 3 N–H and O–H groups in total. The first-order valence-electron chi connectivity index (χ1n) is 5.19. The Morgan fingerprint density at radius 3 is 2.55 bits per heavy atom. The maximum Gasteiger partial charge on any atom is 0.234 e. The van der Waals surface area contributed by atoms with Gasteiger partial charge in [0.25, 0.3) is 0 Å². The summed E-state index contributed by atoms with van der Waals surface area (Å²) in [5.41, 5.74) is -0.718. The summed E-state index contributed by atoms with van der Waals surface area (Å²) in [6.45, 7) is 0. The highest BCUT2D eigenvalue weighted by molar-refractivity contribution is 7.93. The number of sulfonamides is 1. The molecule has 0 radical (unpaired) electrons. The van der Waals surface area contributed by atoms with Crippen LogP contribution in [0, 0.1) is 0 Å². The number of rotatable bonds is 2. The lowest BCUT2D eigenvalue weighted by atomic mass is 9.95. The minimum Gasteiger partial charge on any atom is -0.288 e. The zero-order valence-electron chi connectivity index (χ0n) is 9.73. The Morgan fingerprint density at radius 1 is 1.35 bits per heavy atom. The average molecular weight is 357 g/mol. The van der Waals surface area contributed by atoms with Crippen LogP contribution in [-0.2, 0) is 14.9 Å². The third-order valence-electron chi connectivity index (χ3n) is 2.72. The van der Waals surface area contributed by atoms with Crippen molar-refractivity contribution in [1.29, 1.82) is 0 Å². The van der Waals surface area contributed by atoms with E-state index >= 15 is 0 Å². The molecule has 1 aromatic rings. The van der Waals surface area contributed by atoms with Gasteiger partial charge in [0.15, 0.2) is 0 Å². The van der Waals surface area contributed by atoms with E-state index in [1.807, 2.05) is 0 Å². The van der Waals surface area contributed by atoms with Gasteiger partial charge >= 0.3 is 0 Å². The normalized spacial score (nSPS) is 23.2. The van der Waals surface area contributed by atoms with Crippen LogP contribution in [0.25, 0.3) is 0 Å². The summed E-state index contributed by atoms with van der Waals surface area (Å²) in [6, 6.07) is 1.08. The average Bonchev–Trinajstić information content (AvgIpc) is 2.31. The maximum atomic E-state index is 11.9. The number of hydrogen-bond acceptors (Lipinski definition) is 4. The van der Waals surface area contributed by atoms with Crippen LogP contribution in [-0.4, -0.2) is 18.6 Å². The number of aromatic amines is 1. The number of primary sulfonamides is 1. The summed E-state index contributed by atoms with van der Waals surface area (Å²) in [4.78, 5) is 10.2. The number of alkyl halides is 1. The van der Waals surface area contributed by atoms with E-state index in [2.05, 4.69) is 10.2 Å². The molecule has 0 amide bonds. The van der Waals surface area contributed by atoms with Crippen molar-refractivity contribution in [2.75, 3.05) is 0 Å². The number of nitrogens with zero attached hydrogens (tertiary/aromatic N) is 1. The molecule has 108 valence electrons. The lowest BCUT2D eigenvalue weighted by molar-refractivity contribution is 0.595. The Hall–Kier alpha value is -0.860. The number of H-pyrrole nitrogens is 1. The van der Waals surface area contributed by atoms with Crippen molar-refractivity contribution in [1.82, 2.24) is 10.2 Å². The molecule has 0 saturated heterocycles. The van der Waals surface area contributed by atoms with Crippen LogP contribution < -0.4 is 10.6 Å². The van der Waals surface area contributed by atoms with Crippen LogP contribution in [0.1, 0.15) is 12.1 Å². The molecule has 0 bridgehead atoms. The molecule has 0 saturated carbocycles. The quantitative estimate of drug-likeness (QED) is 0.784. The van der Waals surface area contributed by atoms with Crippen LogP contribution >= 0.6 is 34.8 Å². The molecule has 1 heterocycles. The second-order valence-corrected chi connectivity index (χ2v) is 7.17. The monoisotopic (exact) mass is 355 g/mol. The fourth-order valence-corrected chi connectivity index (χ4v) is 3.20. The predicted octanol–water partition coefficient (Wildman–Crippen LogP) is 1.56. The van der Waals surface area contributed by atoms with Crippen molar-refractivity contribution in [3.8, 4) is 0 Å². The Morgan fingerprint density at radius 2 is 2.00 bits per heavy atom. The molecule has 0 aliphatic heterocycles. The van der Waals surface area contributed by atoms with Gasteiger partial charge in [-0.15, -0.1) is 11.6 Å². The van der Waals surface area contributed by atoms with Crippen LogP contribution in [0.4, 0.5) is 0 Å². The van der Waals surface area contributed by atoms with Gasteiger partial charge in [0.1, 0.15) is 15.7 Å². The first kappa shape index (κ1) is 15.5. The largest absolute Gasteiger partial charge is 0.288 e. The van der Waals surface area contributed by atoms with Gasteiger partial charge in [-0.25, -0.2) is 13.6 Å². The second-order valence-electron chi connectivity index (χ2n) is 4.10. The zero-order valence-corrected chi connectivity index (χ0v) is 12.8. The molecule has 1 atom stereocenters. The van der Waals surface area contributed by atoms with Gasteiger partial charge in [-0.1, -0.05) is 23.2 Å². The number of aromatic nitrogens is 2. The number of hydrogen-bond donors (Lipinski definition) is 2. The minimum atomic E-state index is -3.94. The molecule has 20 heavy (non-hydrogen) atoms. The molecule has 0 aromatic carbocycles. The van der Waals surface area contributed by atoms with Crippen LogP contribution in [0.5, 0.6) is 0 Å². The van der Waals surface area contributed by atoms with Gasteiger partial charge in [0, 0.05) is 17.5 Å². The van der Waals surface area contributed by atoms with Crippen molar-refractivity contribution in [3.63, 3.8) is 0 Å². The second kappa shape index (κ2) is 5.16. The van der Waals surface area contributed by atoms with Crippen LogP contribution in [0.3, 0.4) is 0 Å². The van der Waals surface area contributed by atoms with E-state index in [0.717, 1.165) is 6.07 Å². The van der Waals surface area contributed by atoms with Crippen LogP contribution in [0.15, 0.2) is 33.0 Å². The van der Waals surface area contributed by atoms with Crippen molar-refractivity contribution in [2.24, 2.45) is 5.14 Å². The fraction of sp³-hybridized carbons (Fsp3) is 0.200. The number of allylic oxidation sites excluding steroid dienone is 4. The molecule has 10 heteroatoms. The van der Waals surface area contributed by atoms with Crippen molar-refractivity contribution in [3.05, 3.63) is 49.2 Å². The van der Waals surface area contributed by atoms with E-state index < -0.39 is 20.3 Å². The van der Waals surface area contributed by atoms with Gasteiger partial charge in [0.05, 0.1) is 4.91 Å². The number of nitrogens with two attached hydrogens (primary N) is 1. The minimum absolute atomic E-state index is 0.0251. The molecule has 1 unspecified atom stereocenters. The fourth-order valence-electron chi connectivity index (χ4n) is 1.74. The molecule has 1 aliphatic carbocycles. The standard InChI is InChI=1S/C10H8Cl3N3O3S/c11-7-2-1-5(20(14,18)19)4-10(7,13)9-6(17)3-8(12)15-16-9/h1-3H,4H2,(H,15,17)(H2,14,18,19). The summed E-state index contributed by atoms with van der Waals surface area (Å²) in [7, 11) is -3.94. The van der Waals surface area contributed by atoms with E-state index in [9.17, 15) is 13.2 Å². The summed E-state index contributed by atoms with van der Waals surface area (Å²) in [5.74, 6) is 0. The van der Waals surface area contributed by atoms with Gasteiger partial charge in [-0.2, -0.15) is 5.10 Å². The Balaban J connectivity index is 2.59. The van der Waals surface area contributed by atoms with E-state index in [0.29, 0.717) is 0 Å². The molecular formula is C10H8Cl3N3O3S. The molecule has 1 aromatic heterocycles. The third-order valence-corrected chi connectivity index (χ3v) is 4.98. The molecule has 0 fully saturated rings. The lowest BCUT2D eigenvalue weighted by Gasteiger charge is -2.28. The van der Waals surface area contributed by atoms with E-state index in [1.165, 1.54) is 12.2 Å². The van der Waals surface area contributed by atoms with Crippen LogP contribution in [0.2, 0.25) is 5.15 Å². The topological polar surface area (TPSA) is 106 Å². The van der Waals surface area contributed by atoms with Gasteiger partial charge in [0.2, 0.25) is 15.5 Å². The number of halogens is 3. The van der Waals surface area contributed by atoms with E-state index in [4.69, 9.17) is 39.9 Å². The van der Waals surface area contributed by atoms with Gasteiger partial charge in [-0.05, 0) is 12.2 Å². The molecule has 2 rings (SSSR count). The first-order valence-corrected chi connectivity index (χ1v) is 7.87. The Labute approximate surface area is 129 Å². The first-order chi connectivity index (χ1) is 9.14. The highest BCUT2D eigenvalue weighted by Gasteiger charge is 2.42. The summed E-state index contributed by atoms with van der Waals surface area (Å²) >= 11 is 17.9. The van der Waals surface area contributed by atoms with Gasteiger partial charge < -0.3 is 0 Å². The smallest absolute Gasteiger partial charge is 0.234 e. The Bertz CT molecular complexity index is 784. The van der Waals surface area contributed by atoms with Crippen molar-refractivity contribution >= 4 is 44.8 Å². The zero-order chi connectivity index (χ0) is 15.1. The summed E-state index contributed by atoms with van der Waals surface area (Å²) < 4.78 is 22.8. The number of nitrogens with one attached hydrogen (secondary N) is 1. The van der Waals surface area contributed by atoms with E-state index in [-0.39, 0.29) is 27.2 Å². The molecule has 6 nitrogen and oxygen atoms in total. The lowest BCUT2D eigenvalue weighted by Crippen LogP contribution is -2.33. The Kier molecular flexibility index (Phi) is 4.01. The highest BCUT2D eigenvalue weighted by Crippen LogP contribution is 2.45. The summed E-state index contributed by atoms with van der Waals surface area (Å²) in [5, 5.41) is 11.3. The molecule has 0 spiro atoms. The SMILES string of the molecule is NS(=O)(=O)C1=CC=C(Cl)C(Cl)(c2n[nH]c(Cl)cc2=O)C1. The highest BCUT2D eigenvalue weighted by atomic mass is 35.5. The van der Waals surface area contributed by atoms with E-state index in [1.54, 1.807) is 0 Å². The maximum absolute atomic E-state index is 11.9. The van der Waals surface area contributed by atoms with Crippen molar-refractivity contribution < 1.29 is 8.42 Å². The van der Waals surface area contributed by atoms with Crippen molar-refractivity contribution in [2.45, 2.75) is 11.3 Å². The third kappa shape index (κ3) is 2.77. The summed E-state index contributed by atoms with van der Waals surface area (Å²) in [6.07, 6.45) is 2.23. The molecular weight excluding hydrogens is 349 g/mol. The molecule has 1 aliphatic rings. The predicted molar refractivity (Wildman–Crippen MR) is 77.1 cm³/mol.